The number of hydrogen-bond acceptors (Lipinski definition) is 6. The molecule has 0 unspecified atom stereocenters. The third kappa shape index (κ3) is 3.24. The minimum atomic E-state index is -0.500. The molecule has 0 bridgehead atoms. The lowest BCUT2D eigenvalue weighted by molar-refractivity contribution is 0.102. The molecule has 8 heteroatoms. The van der Waals surface area contributed by atoms with Crippen molar-refractivity contribution in [1.82, 2.24) is 9.97 Å². The lowest BCUT2D eigenvalue weighted by atomic mass is 10.2. The Morgan fingerprint density at radius 3 is 2.81 bits per heavy atom. The second-order valence-electron chi connectivity index (χ2n) is 5.49. The molecule has 0 radical (unpaired) electrons. The van der Waals surface area contributed by atoms with Crippen molar-refractivity contribution in [3.05, 3.63) is 68.8 Å². The molecule has 4 aromatic heterocycles. The van der Waals surface area contributed by atoms with Crippen LogP contribution in [0.1, 0.15) is 15.2 Å². The molecule has 6 nitrogen and oxygen atoms in total. The van der Waals surface area contributed by atoms with E-state index >= 15 is 0 Å². The smallest absolute Gasteiger partial charge is 0.263 e. The van der Waals surface area contributed by atoms with E-state index in [9.17, 15) is 9.59 Å². The highest BCUT2D eigenvalue weighted by atomic mass is 32.1. The molecule has 0 aliphatic heterocycles. The van der Waals surface area contributed by atoms with Gasteiger partial charge in [-0.3, -0.25) is 14.9 Å². The van der Waals surface area contributed by atoms with Crippen molar-refractivity contribution in [2.75, 3.05) is 5.32 Å². The number of pyridine rings is 1. The Morgan fingerprint density at radius 2 is 2.12 bits per heavy atom. The molecule has 4 heterocycles. The fourth-order valence-corrected chi connectivity index (χ4v) is 4.02. The Bertz CT molecular complexity index is 1120. The van der Waals surface area contributed by atoms with Crippen molar-refractivity contribution in [3.8, 4) is 22.0 Å². The number of carbonyl (C=O) groups is 1. The van der Waals surface area contributed by atoms with Crippen LogP contribution < -0.4 is 10.9 Å². The number of nitrogens with zero attached hydrogens (tertiary/aromatic N) is 1. The lowest BCUT2D eigenvalue weighted by Gasteiger charge is -2.02. The van der Waals surface area contributed by atoms with Crippen LogP contribution in [0.2, 0.25) is 0 Å². The minimum absolute atomic E-state index is 0.0176. The highest BCUT2D eigenvalue weighted by Crippen LogP contribution is 2.30. The molecule has 4 aromatic rings. The summed E-state index contributed by atoms with van der Waals surface area (Å²) in [6.07, 6.45) is 1.52. The van der Waals surface area contributed by atoms with Gasteiger partial charge in [-0.25, -0.2) is 4.98 Å². The fourth-order valence-electron chi connectivity index (χ4n) is 2.41. The first kappa shape index (κ1) is 16.5. The number of H-pyrrole nitrogens is 1. The largest absolute Gasteiger partial charge is 0.463 e. The van der Waals surface area contributed by atoms with Crippen molar-refractivity contribution in [3.63, 3.8) is 0 Å². The second kappa shape index (κ2) is 6.74. The van der Waals surface area contributed by atoms with Crippen LogP contribution in [0.4, 0.5) is 5.13 Å². The third-order valence-electron chi connectivity index (χ3n) is 3.66. The molecule has 0 fully saturated rings. The van der Waals surface area contributed by atoms with Gasteiger partial charge in [-0.05, 0) is 43.3 Å². The molecule has 0 aliphatic rings. The summed E-state index contributed by atoms with van der Waals surface area (Å²) >= 11 is 2.96. The summed E-state index contributed by atoms with van der Waals surface area (Å²) in [5.41, 5.74) is 0.859. The highest BCUT2D eigenvalue weighted by molar-refractivity contribution is 7.17. The number of aromatic amines is 1. The van der Waals surface area contributed by atoms with Gasteiger partial charge in [0.1, 0.15) is 11.3 Å². The number of rotatable bonds is 4. The highest BCUT2D eigenvalue weighted by Gasteiger charge is 2.15. The van der Waals surface area contributed by atoms with Gasteiger partial charge < -0.3 is 9.40 Å². The van der Waals surface area contributed by atoms with Crippen molar-refractivity contribution in [1.29, 1.82) is 0 Å². The van der Waals surface area contributed by atoms with Crippen LogP contribution >= 0.6 is 22.7 Å². The van der Waals surface area contributed by atoms with E-state index in [0.717, 1.165) is 10.6 Å². The summed E-state index contributed by atoms with van der Waals surface area (Å²) < 4.78 is 5.24. The Kier molecular flexibility index (Phi) is 4.27. The van der Waals surface area contributed by atoms with Crippen LogP contribution in [0.25, 0.3) is 22.0 Å². The van der Waals surface area contributed by atoms with Crippen molar-refractivity contribution >= 4 is 33.7 Å². The Morgan fingerprint density at radius 1 is 1.23 bits per heavy atom. The number of aromatic nitrogens is 2. The van der Waals surface area contributed by atoms with Crippen LogP contribution in [0, 0.1) is 6.92 Å². The van der Waals surface area contributed by atoms with E-state index in [1.54, 1.807) is 29.5 Å². The molecular formula is C18H13N3O3S2. The Hall–Kier alpha value is -2.97. The van der Waals surface area contributed by atoms with E-state index in [4.69, 9.17) is 4.42 Å². The first-order valence-electron chi connectivity index (χ1n) is 7.71. The van der Waals surface area contributed by atoms with Gasteiger partial charge in [0.15, 0.2) is 5.13 Å². The summed E-state index contributed by atoms with van der Waals surface area (Å²) in [5, 5.41) is 5.01. The molecule has 0 spiro atoms. The van der Waals surface area contributed by atoms with Crippen molar-refractivity contribution in [2.45, 2.75) is 6.92 Å². The van der Waals surface area contributed by atoms with Gasteiger partial charge in [0, 0.05) is 10.3 Å². The quantitative estimate of drug-likeness (QED) is 0.547. The second-order valence-corrected chi connectivity index (χ2v) is 7.64. The van der Waals surface area contributed by atoms with E-state index in [-0.39, 0.29) is 5.56 Å². The molecule has 0 saturated carbocycles. The SMILES string of the molecule is Cc1ccc(-c2csc(NC(=O)c3ccc(-c4ccco4)[nH]c3=O)n2)s1. The Balaban J connectivity index is 1.53. The average molecular weight is 383 g/mol. The van der Waals surface area contributed by atoms with E-state index in [1.807, 2.05) is 24.4 Å². The number of carbonyl (C=O) groups excluding carboxylic acids is 1. The number of thiazole rings is 1. The maximum absolute atomic E-state index is 12.4. The number of amides is 1. The van der Waals surface area contributed by atoms with Crippen molar-refractivity contribution < 1.29 is 9.21 Å². The molecule has 26 heavy (non-hydrogen) atoms. The van der Waals surface area contributed by atoms with Gasteiger partial charge >= 0.3 is 0 Å². The molecule has 2 N–H and O–H groups in total. The third-order valence-corrected chi connectivity index (χ3v) is 5.44. The molecule has 1 amide bonds. The normalized spacial score (nSPS) is 10.8. The summed E-state index contributed by atoms with van der Waals surface area (Å²) in [4.78, 5) is 33.9. The first-order chi connectivity index (χ1) is 12.6. The monoisotopic (exact) mass is 383 g/mol. The van der Waals surface area contributed by atoms with Crippen LogP contribution in [0.3, 0.4) is 0 Å². The van der Waals surface area contributed by atoms with E-state index < -0.39 is 11.5 Å². The van der Waals surface area contributed by atoms with Crippen LogP contribution in [-0.4, -0.2) is 15.9 Å². The summed E-state index contributed by atoms with van der Waals surface area (Å²) in [5.74, 6) is 0.0327. The van der Waals surface area contributed by atoms with Crippen LogP contribution in [-0.2, 0) is 0 Å². The topological polar surface area (TPSA) is 88.0 Å². The van der Waals surface area contributed by atoms with Gasteiger partial charge in [-0.1, -0.05) is 0 Å². The summed E-state index contributed by atoms with van der Waals surface area (Å²) in [7, 11) is 0. The molecule has 4 rings (SSSR count). The first-order valence-corrected chi connectivity index (χ1v) is 9.40. The van der Waals surface area contributed by atoms with E-state index in [1.165, 1.54) is 28.5 Å². The predicted octanol–water partition coefficient (Wildman–Crippen LogP) is 4.38. The van der Waals surface area contributed by atoms with Gasteiger partial charge in [-0.2, -0.15) is 0 Å². The number of thiophene rings is 1. The van der Waals surface area contributed by atoms with E-state index in [2.05, 4.69) is 15.3 Å². The zero-order valence-corrected chi connectivity index (χ0v) is 15.2. The van der Waals surface area contributed by atoms with E-state index in [0.29, 0.717) is 16.6 Å². The molecule has 0 aromatic carbocycles. The number of anilines is 1. The molecule has 0 saturated heterocycles. The zero-order chi connectivity index (χ0) is 18.1. The summed E-state index contributed by atoms with van der Waals surface area (Å²) in [6.45, 7) is 2.03. The van der Waals surface area contributed by atoms with Gasteiger partial charge in [-0.15, -0.1) is 22.7 Å². The average Bonchev–Trinajstić information content (AvgIpc) is 3.35. The zero-order valence-electron chi connectivity index (χ0n) is 13.6. The fraction of sp³-hybridized carbons (Fsp3) is 0.0556. The number of hydrogen-bond donors (Lipinski definition) is 2. The number of aryl methyl sites for hydroxylation is 1. The maximum Gasteiger partial charge on any atom is 0.263 e. The van der Waals surface area contributed by atoms with Gasteiger partial charge in [0.25, 0.3) is 11.5 Å². The molecule has 0 atom stereocenters. The molecule has 130 valence electrons. The molecule has 0 aliphatic carbocycles. The van der Waals surface area contributed by atoms with Gasteiger partial charge in [0.05, 0.1) is 22.5 Å². The standard InChI is InChI=1S/C18H13N3O3S2/c1-10-4-7-15(26-10)13-9-25-18(20-13)21-17(23)11-5-6-12(19-16(11)22)14-3-2-8-24-14/h2-9H,1H3,(H,19,22)(H,20,21,23). The maximum atomic E-state index is 12.4. The Labute approximate surface area is 156 Å². The predicted molar refractivity (Wildman–Crippen MR) is 103 cm³/mol. The van der Waals surface area contributed by atoms with Crippen molar-refractivity contribution in [2.24, 2.45) is 0 Å². The summed E-state index contributed by atoms with van der Waals surface area (Å²) in [6, 6.07) is 10.6. The number of furan rings is 1. The number of nitrogens with one attached hydrogen (secondary N) is 2. The van der Waals surface area contributed by atoms with Crippen LogP contribution in [0.15, 0.2) is 57.3 Å². The molecular weight excluding hydrogens is 370 g/mol. The van der Waals surface area contributed by atoms with Crippen LogP contribution in [0.5, 0.6) is 0 Å². The lowest BCUT2D eigenvalue weighted by Crippen LogP contribution is -2.23. The minimum Gasteiger partial charge on any atom is -0.463 e. The van der Waals surface area contributed by atoms with Gasteiger partial charge in [0.2, 0.25) is 0 Å².